The van der Waals surface area contributed by atoms with Crippen LogP contribution in [0.1, 0.15) is 18.9 Å². The van der Waals surface area contributed by atoms with Crippen molar-refractivity contribution in [2.75, 3.05) is 17.2 Å². The number of imidazole rings is 1. The van der Waals surface area contributed by atoms with E-state index in [4.69, 9.17) is 0 Å². The van der Waals surface area contributed by atoms with Gasteiger partial charge in [-0.3, -0.25) is 4.79 Å². The van der Waals surface area contributed by atoms with Crippen LogP contribution in [0, 0.1) is 6.92 Å². The molecule has 1 heterocycles. The van der Waals surface area contributed by atoms with E-state index in [9.17, 15) is 9.59 Å². The fourth-order valence-electron chi connectivity index (χ4n) is 2.09. The van der Waals surface area contributed by atoms with Crippen LogP contribution in [0.3, 0.4) is 0 Å². The molecule has 0 aliphatic rings. The van der Waals surface area contributed by atoms with Crippen LogP contribution >= 0.6 is 0 Å². The van der Waals surface area contributed by atoms with Crippen molar-refractivity contribution in [3.05, 3.63) is 42.5 Å². The quantitative estimate of drug-likeness (QED) is 0.715. The highest BCUT2D eigenvalue weighted by Gasteiger charge is 2.06. The second-order valence-electron chi connectivity index (χ2n) is 5.25. The number of nitrogens with zero attached hydrogens (tertiary/aromatic N) is 2. The maximum atomic E-state index is 11.9. The van der Waals surface area contributed by atoms with E-state index in [1.807, 2.05) is 23.8 Å². The molecule has 2 aromatic rings. The van der Waals surface area contributed by atoms with E-state index in [1.54, 1.807) is 24.7 Å². The minimum Gasteiger partial charge on any atom is -0.338 e. The molecule has 0 unspecified atom stereocenters. The molecule has 2 rings (SSSR count). The van der Waals surface area contributed by atoms with Gasteiger partial charge in [0.15, 0.2) is 0 Å². The number of carbonyl (C=O) groups excluding carboxylic acids is 2. The fourth-order valence-corrected chi connectivity index (χ4v) is 2.09. The van der Waals surface area contributed by atoms with Crippen molar-refractivity contribution in [3.63, 3.8) is 0 Å². The smallest absolute Gasteiger partial charge is 0.319 e. The van der Waals surface area contributed by atoms with Crippen molar-refractivity contribution < 1.29 is 9.59 Å². The topological polar surface area (TPSA) is 88.0 Å². The van der Waals surface area contributed by atoms with Crippen molar-refractivity contribution in [1.29, 1.82) is 0 Å². The highest BCUT2D eigenvalue weighted by molar-refractivity contribution is 5.93. The number of rotatable bonds is 6. The van der Waals surface area contributed by atoms with Gasteiger partial charge in [0.25, 0.3) is 0 Å². The molecule has 0 aliphatic carbocycles. The maximum absolute atomic E-state index is 11.9. The van der Waals surface area contributed by atoms with Crippen LogP contribution in [-0.4, -0.2) is 28.0 Å². The molecule has 0 saturated carbocycles. The van der Waals surface area contributed by atoms with Crippen LogP contribution in [0.5, 0.6) is 0 Å². The Bertz CT molecular complexity index is 667. The highest BCUT2D eigenvalue weighted by atomic mass is 16.2. The summed E-state index contributed by atoms with van der Waals surface area (Å²) < 4.78 is 1.96. The van der Waals surface area contributed by atoms with Gasteiger partial charge in [0.1, 0.15) is 0 Å². The molecule has 3 N–H and O–H groups in total. The first-order valence-corrected chi connectivity index (χ1v) is 7.43. The summed E-state index contributed by atoms with van der Waals surface area (Å²) in [6, 6.07) is 5.12. The molecule has 0 bridgehead atoms. The Hall–Kier alpha value is -2.83. The standard InChI is InChI=1S/C16H21N5O2/c1-12-4-5-14(19-13(2)22)10-15(12)20-16(23)18-6-3-8-21-9-7-17-11-21/h4-5,7,9-11H,3,6,8H2,1-2H3,(H,19,22)(H2,18,20,23). The molecule has 1 aromatic carbocycles. The average molecular weight is 315 g/mol. The van der Waals surface area contributed by atoms with Crippen LogP contribution < -0.4 is 16.0 Å². The summed E-state index contributed by atoms with van der Waals surface area (Å²) in [4.78, 5) is 27.0. The van der Waals surface area contributed by atoms with E-state index in [2.05, 4.69) is 20.9 Å². The average Bonchev–Trinajstić information content (AvgIpc) is 3.00. The Morgan fingerprint density at radius 3 is 2.78 bits per heavy atom. The molecule has 7 heteroatoms. The molecule has 0 radical (unpaired) electrons. The molecule has 0 atom stereocenters. The van der Waals surface area contributed by atoms with Crippen LogP contribution in [0.25, 0.3) is 0 Å². The highest BCUT2D eigenvalue weighted by Crippen LogP contribution is 2.20. The summed E-state index contributed by atoms with van der Waals surface area (Å²) in [5, 5.41) is 8.30. The predicted octanol–water partition coefficient (Wildman–Crippen LogP) is 2.36. The largest absolute Gasteiger partial charge is 0.338 e. The Labute approximate surface area is 135 Å². The zero-order valence-corrected chi connectivity index (χ0v) is 13.3. The minimum absolute atomic E-state index is 0.149. The Morgan fingerprint density at radius 1 is 1.26 bits per heavy atom. The molecule has 0 spiro atoms. The fraction of sp³-hybridized carbons (Fsp3) is 0.312. The number of amides is 3. The number of nitrogens with one attached hydrogen (secondary N) is 3. The van der Waals surface area contributed by atoms with Crippen LogP contribution in [0.15, 0.2) is 36.9 Å². The van der Waals surface area contributed by atoms with E-state index < -0.39 is 0 Å². The lowest BCUT2D eigenvalue weighted by atomic mass is 10.2. The van der Waals surface area contributed by atoms with E-state index in [0.717, 1.165) is 18.5 Å². The molecule has 0 aliphatic heterocycles. The number of aryl methyl sites for hydroxylation is 2. The van der Waals surface area contributed by atoms with Crippen LogP contribution in [0.4, 0.5) is 16.2 Å². The number of urea groups is 1. The van der Waals surface area contributed by atoms with Gasteiger partial charge in [-0.1, -0.05) is 6.07 Å². The van der Waals surface area contributed by atoms with Gasteiger partial charge in [0.05, 0.1) is 6.33 Å². The molecule has 1 aromatic heterocycles. The van der Waals surface area contributed by atoms with Crippen LogP contribution in [-0.2, 0) is 11.3 Å². The lowest BCUT2D eigenvalue weighted by molar-refractivity contribution is -0.114. The predicted molar refractivity (Wildman–Crippen MR) is 89.3 cm³/mol. The molecule has 122 valence electrons. The third kappa shape index (κ3) is 5.46. The van der Waals surface area contributed by atoms with E-state index in [-0.39, 0.29) is 11.9 Å². The van der Waals surface area contributed by atoms with Gasteiger partial charge in [-0.25, -0.2) is 9.78 Å². The van der Waals surface area contributed by atoms with E-state index in [1.165, 1.54) is 6.92 Å². The zero-order valence-electron chi connectivity index (χ0n) is 13.3. The third-order valence-electron chi connectivity index (χ3n) is 3.24. The van der Waals surface area contributed by atoms with E-state index in [0.29, 0.717) is 17.9 Å². The molecule has 0 saturated heterocycles. The monoisotopic (exact) mass is 315 g/mol. The lowest BCUT2D eigenvalue weighted by Gasteiger charge is -2.12. The lowest BCUT2D eigenvalue weighted by Crippen LogP contribution is -2.30. The SMILES string of the molecule is CC(=O)Nc1ccc(C)c(NC(=O)NCCCn2ccnc2)c1. The van der Waals surface area contributed by atoms with Gasteiger partial charge < -0.3 is 20.5 Å². The Kier molecular flexibility index (Phi) is 5.74. The van der Waals surface area contributed by atoms with Gasteiger partial charge in [-0.15, -0.1) is 0 Å². The first kappa shape index (κ1) is 16.5. The summed E-state index contributed by atoms with van der Waals surface area (Å²) in [6.45, 7) is 4.71. The molecule has 7 nitrogen and oxygen atoms in total. The maximum Gasteiger partial charge on any atom is 0.319 e. The van der Waals surface area contributed by atoms with Crippen molar-refractivity contribution in [2.24, 2.45) is 0 Å². The zero-order chi connectivity index (χ0) is 16.7. The number of hydrogen-bond acceptors (Lipinski definition) is 3. The summed E-state index contributed by atoms with van der Waals surface area (Å²) in [5.74, 6) is -0.149. The Balaban J connectivity index is 1.81. The van der Waals surface area contributed by atoms with Gasteiger partial charge in [0, 0.05) is 43.8 Å². The molecule has 3 amide bonds. The van der Waals surface area contributed by atoms with E-state index >= 15 is 0 Å². The van der Waals surface area contributed by atoms with Crippen molar-refractivity contribution in [2.45, 2.75) is 26.8 Å². The number of carbonyl (C=O) groups is 2. The van der Waals surface area contributed by atoms with Gasteiger partial charge >= 0.3 is 6.03 Å². The van der Waals surface area contributed by atoms with Gasteiger partial charge in [0.2, 0.25) is 5.91 Å². The summed E-state index contributed by atoms with van der Waals surface area (Å²) >= 11 is 0. The van der Waals surface area contributed by atoms with Gasteiger partial charge in [-0.2, -0.15) is 0 Å². The number of benzene rings is 1. The normalized spacial score (nSPS) is 10.2. The number of anilines is 2. The summed E-state index contributed by atoms with van der Waals surface area (Å²) in [7, 11) is 0. The first-order chi connectivity index (χ1) is 11.0. The van der Waals surface area contributed by atoms with Crippen molar-refractivity contribution in [3.8, 4) is 0 Å². The summed E-state index contributed by atoms with van der Waals surface area (Å²) in [5.41, 5.74) is 2.24. The number of hydrogen-bond donors (Lipinski definition) is 3. The van der Waals surface area contributed by atoms with Crippen molar-refractivity contribution >= 4 is 23.3 Å². The van der Waals surface area contributed by atoms with Gasteiger partial charge in [-0.05, 0) is 31.0 Å². The minimum atomic E-state index is -0.265. The molecular formula is C16H21N5O2. The number of aromatic nitrogens is 2. The van der Waals surface area contributed by atoms with Crippen molar-refractivity contribution in [1.82, 2.24) is 14.9 Å². The Morgan fingerprint density at radius 2 is 2.09 bits per heavy atom. The second-order valence-corrected chi connectivity index (χ2v) is 5.25. The first-order valence-electron chi connectivity index (χ1n) is 7.43. The molecular weight excluding hydrogens is 294 g/mol. The van der Waals surface area contributed by atoms with Crippen LogP contribution in [0.2, 0.25) is 0 Å². The third-order valence-corrected chi connectivity index (χ3v) is 3.24. The second kappa shape index (κ2) is 7.98. The molecule has 0 fully saturated rings. The summed E-state index contributed by atoms with van der Waals surface area (Å²) in [6.07, 6.45) is 6.17. The molecule has 23 heavy (non-hydrogen) atoms.